The van der Waals surface area contributed by atoms with Crippen molar-refractivity contribution in [3.8, 4) is 0 Å². The minimum absolute atomic E-state index is 0.142. The van der Waals surface area contributed by atoms with E-state index in [9.17, 15) is 19.2 Å². The number of amides is 3. The van der Waals surface area contributed by atoms with Gasteiger partial charge in [-0.1, -0.05) is 18.2 Å². The molecule has 3 aromatic rings. The Labute approximate surface area is 196 Å². The van der Waals surface area contributed by atoms with Crippen molar-refractivity contribution in [2.24, 2.45) is 5.92 Å². The number of anilines is 1. The molecular weight excluding hydrogens is 438 g/mol. The van der Waals surface area contributed by atoms with E-state index >= 15 is 0 Å². The van der Waals surface area contributed by atoms with Crippen LogP contribution in [-0.4, -0.2) is 55.3 Å². The van der Waals surface area contributed by atoms with Crippen LogP contribution in [0.1, 0.15) is 33.8 Å². The quantitative estimate of drug-likeness (QED) is 0.444. The van der Waals surface area contributed by atoms with E-state index in [1.165, 1.54) is 31.4 Å². The Morgan fingerprint density at radius 3 is 2.38 bits per heavy atom. The van der Waals surface area contributed by atoms with Gasteiger partial charge in [-0.3, -0.25) is 14.4 Å². The highest BCUT2D eigenvalue weighted by molar-refractivity contribution is 6.39. The number of carbonyl (C=O) groups excluding carboxylic acids is 4. The Morgan fingerprint density at radius 2 is 1.71 bits per heavy atom. The summed E-state index contributed by atoms with van der Waals surface area (Å²) >= 11 is 0. The lowest BCUT2D eigenvalue weighted by molar-refractivity contribution is -0.136. The van der Waals surface area contributed by atoms with Crippen LogP contribution in [0.15, 0.2) is 59.0 Å². The minimum atomic E-state index is -0.789. The van der Waals surface area contributed by atoms with Crippen LogP contribution in [0.4, 0.5) is 5.69 Å². The first-order chi connectivity index (χ1) is 16.4. The summed E-state index contributed by atoms with van der Waals surface area (Å²) < 4.78 is 10.3. The number of benzene rings is 2. The van der Waals surface area contributed by atoms with E-state index < -0.39 is 17.8 Å². The second kappa shape index (κ2) is 10.2. The maximum absolute atomic E-state index is 12.8. The number of furan rings is 1. The number of piperidine rings is 1. The molecule has 0 spiro atoms. The normalized spacial score (nSPS) is 14.0. The van der Waals surface area contributed by atoms with Crippen LogP contribution in [0.2, 0.25) is 0 Å². The van der Waals surface area contributed by atoms with Gasteiger partial charge in [-0.25, -0.2) is 4.79 Å². The summed E-state index contributed by atoms with van der Waals surface area (Å²) in [5.41, 5.74) is 1.42. The van der Waals surface area contributed by atoms with E-state index in [0.717, 1.165) is 5.39 Å². The van der Waals surface area contributed by atoms with E-state index in [4.69, 9.17) is 4.42 Å². The highest BCUT2D eigenvalue weighted by Gasteiger charge is 2.26. The molecule has 176 valence electrons. The van der Waals surface area contributed by atoms with E-state index in [1.807, 2.05) is 24.3 Å². The molecule has 0 bridgehead atoms. The van der Waals surface area contributed by atoms with E-state index in [-0.39, 0.29) is 11.8 Å². The summed E-state index contributed by atoms with van der Waals surface area (Å²) in [6, 6.07) is 15.3. The molecule has 1 aromatic heterocycles. The largest absolute Gasteiger partial charge is 0.465 e. The highest BCUT2D eigenvalue weighted by atomic mass is 16.5. The van der Waals surface area contributed by atoms with Crippen molar-refractivity contribution in [1.29, 1.82) is 0 Å². The second-order valence-electron chi connectivity index (χ2n) is 8.12. The Hall–Kier alpha value is -4.14. The molecule has 9 nitrogen and oxygen atoms in total. The number of hydrogen-bond donors (Lipinski definition) is 2. The second-order valence-corrected chi connectivity index (χ2v) is 8.12. The highest BCUT2D eigenvalue weighted by Crippen LogP contribution is 2.23. The number of nitrogens with one attached hydrogen (secondary N) is 2. The van der Waals surface area contributed by atoms with Gasteiger partial charge in [0.2, 0.25) is 0 Å². The summed E-state index contributed by atoms with van der Waals surface area (Å²) in [6.45, 7) is 1.45. The van der Waals surface area contributed by atoms with Gasteiger partial charge < -0.3 is 24.7 Å². The molecule has 0 aliphatic carbocycles. The number of methoxy groups -OCH3 is 1. The lowest BCUT2D eigenvalue weighted by Crippen LogP contribution is -2.43. The molecular formula is C25H25N3O6. The topological polar surface area (TPSA) is 118 Å². The Balaban J connectivity index is 1.22. The van der Waals surface area contributed by atoms with Crippen LogP contribution >= 0.6 is 0 Å². The van der Waals surface area contributed by atoms with Gasteiger partial charge in [-0.2, -0.15) is 0 Å². The molecule has 1 aliphatic heterocycles. The maximum atomic E-state index is 12.8. The number of likely N-dealkylation sites (tertiary alicyclic amines) is 1. The van der Waals surface area contributed by atoms with E-state index in [1.54, 1.807) is 11.0 Å². The van der Waals surface area contributed by atoms with Crippen molar-refractivity contribution in [2.75, 3.05) is 32.1 Å². The van der Waals surface area contributed by atoms with Crippen molar-refractivity contribution < 1.29 is 28.3 Å². The fourth-order valence-electron chi connectivity index (χ4n) is 3.90. The van der Waals surface area contributed by atoms with Crippen LogP contribution in [0.25, 0.3) is 11.0 Å². The fourth-order valence-corrected chi connectivity index (χ4v) is 3.90. The van der Waals surface area contributed by atoms with Crippen LogP contribution in [-0.2, 0) is 14.3 Å². The predicted molar refractivity (Wildman–Crippen MR) is 124 cm³/mol. The number of esters is 1. The third kappa shape index (κ3) is 5.25. The zero-order chi connectivity index (χ0) is 24.1. The van der Waals surface area contributed by atoms with Crippen LogP contribution < -0.4 is 10.6 Å². The first-order valence-corrected chi connectivity index (χ1v) is 11.0. The molecule has 0 atom stereocenters. The molecule has 4 rings (SSSR count). The van der Waals surface area contributed by atoms with Gasteiger partial charge in [0, 0.05) is 30.7 Å². The number of fused-ring (bicyclic) bond motifs is 1. The van der Waals surface area contributed by atoms with Gasteiger partial charge in [0.1, 0.15) is 5.58 Å². The van der Waals surface area contributed by atoms with Crippen LogP contribution in [0.3, 0.4) is 0 Å². The Bertz CT molecular complexity index is 1180. The third-order valence-corrected chi connectivity index (χ3v) is 5.86. The Morgan fingerprint density at radius 1 is 1.00 bits per heavy atom. The number of hydrogen-bond acceptors (Lipinski definition) is 6. The molecule has 2 heterocycles. The summed E-state index contributed by atoms with van der Waals surface area (Å²) in [7, 11) is 1.28. The monoisotopic (exact) mass is 463 g/mol. The summed E-state index contributed by atoms with van der Waals surface area (Å²) in [6.07, 6.45) is 1.42. The molecule has 0 radical (unpaired) electrons. The summed E-state index contributed by atoms with van der Waals surface area (Å²) in [4.78, 5) is 50.3. The van der Waals surface area contributed by atoms with Crippen LogP contribution in [0.5, 0.6) is 0 Å². The lowest BCUT2D eigenvalue weighted by Gasteiger charge is -2.31. The predicted octanol–water partition coefficient (Wildman–Crippen LogP) is 2.83. The Kier molecular flexibility index (Phi) is 6.91. The van der Waals surface area contributed by atoms with Crippen molar-refractivity contribution in [1.82, 2.24) is 10.2 Å². The third-order valence-electron chi connectivity index (χ3n) is 5.86. The molecule has 1 fully saturated rings. The maximum Gasteiger partial charge on any atom is 0.337 e. The number of nitrogens with zero attached hydrogens (tertiary/aromatic N) is 1. The van der Waals surface area contributed by atoms with Gasteiger partial charge in [0.25, 0.3) is 5.91 Å². The SMILES string of the molecule is COC(=O)c1ccc(NC(=O)C(=O)NCC2CCN(C(=O)c3cc4ccccc4o3)CC2)cc1. The molecule has 0 saturated carbocycles. The molecule has 2 aromatic carbocycles. The average molecular weight is 463 g/mol. The first kappa shape index (κ1) is 23.0. The van der Waals surface area contributed by atoms with Gasteiger partial charge >= 0.3 is 17.8 Å². The fraction of sp³-hybridized carbons (Fsp3) is 0.280. The van der Waals surface area contributed by atoms with Gasteiger partial charge in [-0.05, 0) is 55.2 Å². The molecule has 2 N–H and O–H groups in total. The van der Waals surface area contributed by atoms with Gasteiger partial charge in [0.15, 0.2) is 5.76 Å². The smallest absolute Gasteiger partial charge is 0.337 e. The van der Waals surface area contributed by atoms with E-state index in [0.29, 0.717) is 55.1 Å². The number of rotatable bonds is 5. The first-order valence-electron chi connectivity index (χ1n) is 11.0. The van der Waals surface area contributed by atoms with Crippen molar-refractivity contribution in [2.45, 2.75) is 12.8 Å². The molecule has 1 aliphatic rings. The van der Waals surface area contributed by atoms with E-state index in [2.05, 4.69) is 15.4 Å². The molecule has 3 amide bonds. The molecule has 34 heavy (non-hydrogen) atoms. The van der Waals surface area contributed by atoms with Crippen molar-refractivity contribution >= 4 is 40.3 Å². The van der Waals surface area contributed by atoms with Crippen LogP contribution in [0, 0.1) is 5.92 Å². The van der Waals surface area contributed by atoms with Gasteiger partial charge in [0.05, 0.1) is 12.7 Å². The standard InChI is InChI=1S/C25H25N3O6/c1-33-25(32)17-6-8-19(9-7-17)27-23(30)22(29)26-15-16-10-12-28(13-11-16)24(31)21-14-18-4-2-3-5-20(18)34-21/h2-9,14,16H,10-13,15H2,1H3,(H,26,29)(H,27,30). The van der Waals surface area contributed by atoms with Gasteiger partial charge in [-0.15, -0.1) is 0 Å². The van der Waals surface area contributed by atoms with Crippen molar-refractivity contribution in [3.05, 3.63) is 65.9 Å². The molecule has 9 heteroatoms. The summed E-state index contributed by atoms with van der Waals surface area (Å²) in [5, 5.41) is 6.05. The van der Waals surface area contributed by atoms with Crippen molar-refractivity contribution in [3.63, 3.8) is 0 Å². The minimum Gasteiger partial charge on any atom is -0.465 e. The zero-order valence-corrected chi connectivity index (χ0v) is 18.7. The zero-order valence-electron chi connectivity index (χ0n) is 18.7. The number of para-hydroxylation sites is 1. The molecule has 1 saturated heterocycles. The number of carbonyl (C=O) groups is 4. The average Bonchev–Trinajstić information content (AvgIpc) is 3.31. The number of ether oxygens (including phenoxy) is 1. The molecule has 0 unspecified atom stereocenters. The summed E-state index contributed by atoms with van der Waals surface area (Å²) in [5.74, 6) is -1.67. The lowest BCUT2D eigenvalue weighted by atomic mass is 9.96.